The number of aromatic nitrogens is 1. The van der Waals surface area contributed by atoms with E-state index < -0.39 is 32.0 Å². The van der Waals surface area contributed by atoms with Crippen LogP contribution in [0.1, 0.15) is 5.01 Å². The monoisotopic (exact) mass is 625 g/mol. The maximum atomic E-state index is 11.5. The van der Waals surface area contributed by atoms with Crippen LogP contribution in [0.15, 0.2) is 55.3 Å². The van der Waals surface area contributed by atoms with Gasteiger partial charge in [0.15, 0.2) is 10.1 Å². The Bertz CT molecular complexity index is 1450. The minimum Gasteiger partial charge on any atom is -0.747 e. The number of rotatable bonds is 5. The molecule has 1 aliphatic rings. The van der Waals surface area contributed by atoms with Crippen LogP contribution in [0.2, 0.25) is 0 Å². The van der Waals surface area contributed by atoms with E-state index in [9.17, 15) is 25.9 Å². The quantitative estimate of drug-likeness (QED) is 0.311. The molecule has 0 bridgehead atoms. The van der Waals surface area contributed by atoms with Crippen LogP contribution >= 0.6 is 55.0 Å². The summed E-state index contributed by atoms with van der Waals surface area (Å²) in [5.41, 5.74) is 1.08. The Morgan fingerprint density at radius 3 is 2.35 bits per heavy atom. The Balaban J connectivity index is 1.89. The minimum absolute atomic E-state index is 0.426. The lowest BCUT2D eigenvalue weighted by Gasteiger charge is -2.21. The van der Waals surface area contributed by atoms with Gasteiger partial charge in [0.1, 0.15) is 20.7 Å². The SMILES string of the molecule is O=S(=O)([O-])CN1C(=Cc2sc3ccc(Br)cc3[n+]2CS(=O)(=O)[O-])Sc2ccc(Br)cc21. The first-order valence-corrected chi connectivity index (χ1v) is 14.7. The third-order valence-electron chi connectivity index (χ3n) is 4.21. The van der Waals surface area contributed by atoms with Crippen molar-refractivity contribution in [3.63, 3.8) is 0 Å². The molecular formula is C17H11Br2N2O6S4-. The number of benzene rings is 2. The highest BCUT2D eigenvalue weighted by atomic mass is 79.9. The Morgan fingerprint density at radius 1 is 1.00 bits per heavy atom. The van der Waals surface area contributed by atoms with Crippen molar-refractivity contribution in [2.24, 2.45) is 0 Å². The summed E-state index contributed by atoms with van der Waals surface area (Å²) in [6.07, 6.45) is 1.59. The maximum absolute atomic E-state index is 11.5. The molecule has 164 valence electrons. The highest BCUT2D eigenvalue weighted by molar-refractivity contribution is 9.10. The fourth-order valence-corrected chi connectivity index (χ4v) is 7.33. The van der Waals surface area contributed by atoms with Crippen LogP contribution < -0.4 is 9.47 Å². The van der Waals surface area contributed by atoms with Gasteiger partial charge in [-0.25, -0.2) is 16.8 Å². The topological polar surface area (TPSA) is 122 Å². The van der Waals surface area contributed by atoms with Gasteiger partial charge in [-0.15, -0.1) is 0 Å². The van der Waals surface area contributed by atoms with Crippen molar-refractivity contribution in [2.75, 3.05) is 10.8 Å². The molecule has 2 heterocycles. The van der Waals surface area contributed by atoms with Gasteiger partial charge in [0.25, 0.3) is 5.01 Å². The summed E-state index contributed by atoms with van der Waals surface area (Å²) in [4.78, 5) is 2.11. The molecule has 31 heavy (non-hydrogen) atoms. The number of anilines is 1. The standard InChI is InChI=1S/C17H12Br2N2O6S4/c18-10-1-3-14-12(5-10)20(8-30(22,23)24)16(28-14)7-17-21(9-31(25,26)27)13-6-11(19)2-4-15(13)29-17/h1-7H,8-9H2,(H-,22,23,24,25,26,27)/p-1. The predicted molar refractivity (Wildman–Crippen MR) is 124 cm³/mol. The fourth-order valence-electron chi connectivity index (χ4n) is 3.05. The Morgan fingerprint density at radius 2 is 1.68 bits per heavy atom. The molecule has 1 aromatic heterocycles. The molecule has 0 radical (unpaired) electrons. The van der Waals surface area contributed by atoms with E-state index in [-0.39, 0.29) is 0 Å². The third-order valence-corrected chi connectivity index (χ3v) is 8.57. The molecule has 4 rings (SSSR count). The number of thiazole rings is 1. The molecule has 0 saturated carbocycles. The second-order valence-corrected chi connectivity index (χ2v) is 13.2. The predicted octanol–water partition coefficient (Wildman–Crippen LogP) is 3.63. The van der Waals surface area contributed by atoms with Crippen molar-refractivity contribution in [3.05, 3.63) is 55.4 Å². The summed E-state index contributed by atoms with van der Waals surface area (Å²) >= 11 is 9.18. The Hall–Kier alpha value is -1.00. The van der Waals surface area contributed by atoms with Gasteiger partial charge in [0, 0.05) is 19.9 Å². The van der Waals surface area contributed by atoms with Gasteiger partial charge in [-0.05, 0) is 30.3 Å². The van der Waals surface area contributed by atoms with Crippen LogP contribution in [-0.2, 0) is 26.1 Å². The van der Waals surface area contributed by atoms with Crippen LogP contribution in [0, 0.1) is 0 Å². The number of halogens is 2. The van der Waals surface area contributed by atoms with E-state index >= 15 is 0 Å². The second kappa shape index (κ2) is 8.41. The van der Waals surface area contributed by atoms with Crippen molar-refractivity contribution in [2.45, 2.75) is 10.8 Å². The van der Waals surface area contributed by atoms with Crippen molar-refractivity contribution in [1.29, 1.82) is 0 Å². The van der Waals surface area contributed by atoms with Gasteiger partial charge >= 0.3 is 0 Å². The smallest absolute Gasteiger partial charge is 0.266 e. The van der Waals surface area contributed by atoms with Crippen molar-refractivity contribution in [1.82, 2.24) is 0 Å². The molecule has 3 aromatic rings. The molecule has 0 N–H and O–H groups in total. The molecule has 1 aliphatic heterocycles. The third kappa shape index (κ3) is 5.33. The van der Waals surface area contributed by atoms with E-state index in [1.807, 2.05) is 0 Å². The molecule has 0 unspecified atom stereocenters. The van der Waals surface area contributed by atoms with E-state index in [0.29, 0.717) is 30.2 Å². The highest BCUT2D eigenvalue weighted by Crippen LogP contribution is 2.48. The zero-order valence-electron chi connectivity index (χ0n) is 15.2. The summed E-state index contributed by atoms with van der Waals surface area (Å²) in [6.45, 7) is 0. The van der Waals surface area contributed by atoms with Gasteiger partial charge in [-0.2, -0.15) is 4.57 Å². The summed E-state index contributed by atoms with van der Waals surface area (Å²) in [6, 6.07) is 10.6. The average Bonchev–Trinajstić information content (AvgIpc) is 3.11. The molecule has 2 aromatic carbocycles. The average molecular weight is 627 g/mol. The van der Waals surface area contributed by atoms with Crippen molar-refractivity contribution >= 4 is 97.2 Å². The lowest BCUT2D eigenvalue weighted by molar-refractivity contribution is -0.649. The number of nitrogens with zero attached hydrogens (tertiary/aromatic N) is 2. The van der Waals surface area contributed by atoms with E-state index in [1.54, 1.807) is 42.5 Å². The highest BCUT2D eigenvalue weighted by Gasteiger charge is 2.30. The minimum atomic E-state index is -4.61. The van der Waals surface area contributed by atoms with Gasteiger partial charge < -0.3 is 14.0 Å². The molecule has 0 spiro atoms. The number of thioether (sulfide) groups is 1. The van der Waals surface area contributed by atoms with E-state index in [0.717, 1.165) is 9.60 Å². The van der Waals surface area contributed by atoms with Gasteiger partial charge in [0.2, 0.25) is 11.4 Å². The van der Waals surface area contributed by atoms with Crippen LogP contribution in [0.25, 0.3) is 16.3 Å². The molecule has 0 fully saturated rings. The summed E-state index contributed by atoms with van der Waals surface area (Å²) < 4.78 is 72.8. The summed E-state index contributed by atoms with van der Waals surface area (Å²) in [5, 5.41) is 0.852. The summed E-state index contributed by atoms with van der Waals surface area (Å²) in [5.74, 6) is -1.57. The van der Waals surface area contributed by atoms with Crippen molar-refractivity contribution in [3.8, 4) is 0 Å². The van der Waals surface area contributed by atoms with Crippen LogP contribution in [0.5, 0.6) is 0 Å². The van der Waals surface area contributed by atoms with Crippen LogP contribution in [0.4, 0.5) is 5.69 Å². The zero-order valence-corrected chi connectivity index (χ0v) is 21.6. The molecule has 8 nitrogen and oxygen atoms in total. The Kier molecular flexibility index (Phi) is 6.28. The lowest BCUT2D eigenvalue weighted by Crippen LogP contribution is -2.39. The first-order valence-electron chi connectivity index (χ1n) is 8.35. The molecule has 0 aliphatic carbocycles. The zero-order chi connectivity index (χ0) is 22.6. The largest absolute Gasteiger partial charge is 0.747 e. The maximum Gasteiger partial charge on any atom is 0.266 e. The van der Waals surface area contributed by atoms with E-state index in [1.165, 1.54) is 32.6 Å². The Labute approximate surface area is 203 Å². The molecule has 0 amide bonds. The lowest BCUT2D eigenvalue weighted by atomic mass is 10.3. The molecule has 14 heteroatoms. The fraction of sp³-hybridized carbons (Fsp3) is 0.118. The van der Waals surface area contributed by atoms with Gasteiger partial charge in [0.05, 0.1) is 16.8 Å². The normalized spacial score (nSPS) is 15.7. The second-order valence-electron chi connectivity index (χ2n) is 6.48. The molecular weight excluding hydrogens is 616 g/mol. The number of hydrogen-bond acceptors (Lipinski definition) is 9. The molecule has 0 saturated heterocycles. The van der Waals surface area contributed by atoms with Crippen molar-refractivity contribution < 1.29 is 30.5 Å². The van der Waals surface area contributed by atoms with Gasteiger partial charge in [-0.1, -0.05) is 55.0 Å². The number of hydrogen-bond donors (Lipinski definition) is 0. The first-order chi connectivity index (χ1) is 14.4. The van der Waals surface area contributed by atoms with E-state index in [2.05, 4.69) is 31.9 Å². The summed E-state index contributed by atoms with van der Waals surface area (Å²) in [7, 11) is -9.21. The van der Waals surface area contributed by atoms with Gasteiger partial charge in [-0.3, -0.25) is 0 Å². The molecule has 0 atom stereocenters. The van der Waals surface area contributed by atoms with Crippen LogP contribution in [-0.4, -0.2) is 31.8 Å². The van der Waals surface area contributed by atoms with Crippen LogP contribution in [0.3, 0.4) is 0 Å². The first kappa shape index (κ1) is 23.2. The van der Waals surface area contributed by atoms with E-state index in [4.69, 9.17) is 0 Å². The number of fused-ring (bicyclic) bond motifs is 2.